The smallest absolute Gasteiger partial charge is 0.257 e. The molecule has 0 fully saturated rings. The first-order chi connectivity index (χ1) is 9.91. The van der Waals surface area contributed by atoms with E-state index in [9.17, 15) is 4.79 Å². The van der Waals surface area contributed by atoms with Gasteiger partial charge in [-0.1, -0.05) is 44.2 Å². The lowest BCUT2D eigenvalue weighted by Crippen LogP contribution is -2.33. The Kier molecular flexibility index (Phi) is 4.58. The van der Waals surface area contributed by atoms with Crippen LogP contribution in [0.5, 0.6) is 0 Å². The van der Waals surface area contributed by atoms with E-state index in [0.717, 1.165) is 11.3 Å². The molecule has 0 aliphatic carbocycles. The molecule has 0 aliphatic rings. The van der Waals surface area contributed by atoms with Crippen molar-refractivity contribution in [1.82, 2.24) is 9.55 Å². The first-order valence-electron chi connectivity index (χ1n) is 7.29. The maximum Gasteiger partial charge on any atom is 0.257 e. The number of aromatic nitrogens is 2. The minimum Gasteiger partial charge on any atom is -0.321 e. The number of benzene rings is 1. The highest BCUT2D eigenvalue weighted by atomic mass is 16.1. The Bertz CT molecular complexity index is 674. The molecule has 4 nitrogen and oxygen atoms in total. The fraction of sp³-hybridized carbons (Fsp3) is 0.412. The molecular weight excluding hydrogens is 262 g/mol. The second-order valence-electron chi connectivity index (χ2n) is 5.83. The van der Waals surface area contributed by atoms with Gasteiger partial charge in [-0.05, 0) is 25.3 Å². The van der Waals surface area contributed by atoms with E-state index in [1.807, 2.05) is 58.0 Å². The van der Waals surface area contributed by atoms with Crippen molar-refractivity contribution >= 4 is 0 Å². The summed E-state index contributed by atoms with van der Waals surface area (Å²) in [4.78, 5) is 17.2. The topological polar surface area (TPSA) is 60.9 Å². The standard InChI is InChI=1S/C17H23N3O/c1-11(2)15(18)16-19-13(4)12(3)17(21)20(16)10-14-8-6-5-7-9-14/h5-9,11,15H,10,18H2,1-4H3. The number of hydrogen-bond donors (Lipinski definition) is 1. The van der Waals surface area contributed by atoms with Gasteiger partial charge in [0, 0.05) is 11.3 Å². The molecule has 0 radical (unpaired) electrons. The summed E-state index contributed by atoms with van der Waals surface area (Å²) in [5.74, 6) is 0.892. The number of nitrogens with two attached hydrogens (primary N) is 1. The summed E-state index contributed by atoms with van der Waals surface area (Å²) in [5, 5.41) is 0. The van der Waals surface area contributed by atoms with Crippen LogP contribution in [-0.2, 0) is 6.54 Å². The van der Waals surface area contributed by atoms with E-state index in [4.69, 9.17) is 5.73 Å². The lowest BCUT2D eigenvalue weighted by molar-refractivity contribution is 0.458. The van der Waals surface area contributed by atoms with Crippen molar-refractivity contribution in [3.63, 3.8) is 0 Å². The zero-order valence-electron chi connectivity index (χ0n) is 13.1. The van der Waals surface area contributed by atoms with E-state index in [1.54, 1.807) is 4.57 Å². The molecule has 1 atom stereocenters. The molecule has 0 amide bonds. The normalized spacial score (nSPS) is 12.7. The van der Waals surface area contributed by atoms with Crippen molar-refractivity contribution in [2.75, 3.05) is 0 Å². The van der Waals surface area contributed by atoms with Gasteiger partial charge in [0.05, 0.1) is 12.6 Å². The molecule has 112 valence electrons. The summed E-state index contributed by atoms with van der Waals surface area (Å²) >= 11 is 0. The number of aryl methyl sites for hydroxylation is 1. The summed E-state index contributed by atoms with van der Waals surface area (Å²) in [6.45, 7) is 8.26. The molecule has 1 aromatic heterocycles. The molecule has 1 aromatic carbocycles. The summed E-state index contributed by atoms with van der Waals surface area (Å²) in [6, 6.07) is 9.67. The summed E-state index contributed by atoms with van der Waals surface area (Å²) in [7, 11) is 0. The second-order valence-corrected chi connectivity index (χ2v) is 5.83. The van der Waals surface area contributed by atoms with Crippen LogP contribution in [0.25, 0.3) is 0 Å². The van der Waals surface area contributed by atoms with Crippen LogP contribution in [0.3, 0.4) is 0 Å². The van der Waals surface area contributed by atoms with E-state index in [1.165, 1.54) is 0 Å². The van der Waals surface area contributed by atoms with Gasteiger partial charge in [0.25, 0.3) is 5.56 Å². The fourth-order valence-electron chi connectivity index (χ4n) is 2.25. The van der Waals surface area contributed by atoms with Crippen molar-refractivity contribution in [3.8, 4) is 0 Å². The molecule has 2 N–H and O–H groups in total. The first-order valence-corrected chi connectivity index (χ1v) is 7.29. The van der Waals surface area contributed by atoms with E-state index in [-0.39, 0.29) is 17.5 Å². The van der Waals surface area contributed by atoms with Gasteiger partial charge < -0.3 is 5.73 Å². The van der Waals surface area contributed by atoms with Crippen molar-refractivity contribution in [2.45, 2.75) is 40.3 Å². The quantitative estimate of drug-likeness (QED) is 0.939. The zero-order valence-corrected chi connectivity index (χ0v) is 13.1. The lowest BCUT2D eigenvalue weighted by Gasteiger charge is -2.21. The predicted octanol–water partition coefficient (Wildman–Crippen LogP) is 2.56. The molecule has 0 bridgehead atoms. The summed E-state index contributed by atoms with van der Waals surface area (Å²) in [5.41, 5.74) is 8.77. The monoisotopic (exact) mass is 285 g/mol. The van der Waals surface area contributed by atoms with Gasteiger partial charge in [0.1, 0.15) is 5.82 Å². The highest BCUT2D eigenvalue weighted by molar-refractivity contribution is 5.21. The van der Waals surface area contributed by atoms with E-state index in [0.29, 0.717) is 17.9 Å². The van der Waals surface area contributed by atoms with Crippen molar-refractivity contribution in [1.29, 1.82) is 0 Å². The molecule has 4 heteroatoms. The second kappa shape index (κ2) is 6.22. The van der Waals surface area contributed by atoms with Crippen molar-refractivity contribution < 1.29 is 0 Å². The number of nitrogens with zero attached hydrogens (tertiary/aromatic N) is 2. The van der Waals surface area contributed by atoms with Gasteiger partial charge in [-0.2, -0.15) is 0 Å². The Hall–Kier alpha value is -1.94. The minimum absolute atomic E-state index is 0.00236. The largest absolute Gasteiger partial charge is 0.321 e. The number of hydrogen-bond acceptors (Lipinski definition) is 3. The molecule has 0 aliphatic heterocycles. The summed E-state index contributed by atoms with van der Waals surface area (Å²) < 4.78 is 1.71. The van der Waals surface area contributed by atoms with Crippen LogP contribution in [0, 0.1) is 19.8 Å². The average molecular weight is 285 g/mol. The van der Waals surface area contributed by atoms with Gasteiger partial charge in [-0.3, -0.25) is 9.36 Å². The third-order valence-electron chi connectivity index (χ3n) is 3.87. The fourth-order valence-corrected chi connectivity index (χ4v) is 2.25. The first kappa shape index (κ1) is 15.4. The van der Waals surface area contributed by atoms with Crippen LogP contribution >= 0.6 is 0 Å². The van der Waals surface area contributed by atoms with E-state index >= 15 is 0 Å². The van der Waals surface area contributed by atoms with Crippen LogP contribution < -0.4 is 11.3 Å². The van der Waals surface area contributed by atoms with Crippen LogP contribution in [0.15, 0.2) is 35.1 Å². The zero-order chi connectivity index (χ0) is 15.6. The SMILES string of the molecule is Cc1nc(C(N)C(C)C)n(Cc2ccccc2)c(=O)c1C. The van der Waals surface area contributed by atoms with Crippen LogP contribution in [0.2, 0.25) is 0 Å². The highest BCUT2D eigenvalue weighted by Crippen LogP contribution is 2.18. The molecule has 21 heavy (non-hydrogen) atoms. The minimum atomic E-state index is -0.249. The van der Waals surface area contributed by atoms with E-state index in [2.05, 4.69) is 4.98 Å². The maximum absolute atomic E-state index is 12.6. The molecule has 0 saturated carbocycles. The van der Waals surface area contributed by atoms with Crippen molar-refractivity contribution in [2.24, 2.45) is 11.7 Å². The van der Waals surface area contributed by atoms with Crippen molar-refractivity contribution in [3.05, 3.63) is 63.3 Å². The van der Waals surface area contributed by atoms with Gasteiger partial charge >= 0.3 is 0 Å². The Balaban J connectivity index is 2.57. The Morgan fingerprint density at radius 2 is 1.81 bits per heavy atom. The van der Waals surface area contributed by atoms with Crippen LogP contribution in [-0.4, -0.2) is 9.55 Å². The Labute approximate surface area is 125 Å². The Morgan fingerprint density at radius 3 is 2.38 bits per heavy atom. The molecular formula is C17H23N3O. The van der Waals surface area contributed by atoms with Gasteiger partial charge in [0.2, 0.25) is 0 Å². The molecule has 2 rings (SSSR count). The third-order valence-corrected chi connectivity index (χ3v) is 3.87. The maximum atomic E-state index is 12.6. The van der Waals surface area contributed by atoms with Crippen LogP contribution in [0.4, 0.5) is 0 Å². The number of rotatable bonds is 4. The highest BCUT2D eigenvalue weighted by Gasteiger charge is 2.19. The molecule has 1 heterocycles. The third kappa shape index (κ3) is 3.22. The molecule has 2 aromatic rings. The summed E-state index contributed by atoms with van der Waals surface area (Å²) in [6.07, 6.45) is 0. The van der Waals surface area contributed by atoms with Gasteiger partial charge in [-0.15, -0.1) is 0 Å². The predicted molar refractivity (Wildman–Crippen MR) is 85.3 cm³/mol. The van der Waals surface area contributed by atoms with Gasteiger partial charge in [0.15, 0.2) is 0 Å². The van der Waals surface area contributed by atoms with Crippen LogP contribution in [0.1, 0.15) is 42.5 Å². The van der Waals surface area contributed by atoms with E-state index < -0.39 is 0 Å². The molecule has 0 saturated heterocycles. The molecule has 1 unspecified atom stereocenters. The lowest BCUT2D eigenvalue weighted by atomic mass is 10.0. The van der Waals surface area contributed by atoms with Gasteiger partial charge in [-0.25, -0.2) is 4.98 Å². The Morgan fingerprint density at radius 1 is 1.19 bits per heavy atom. The molecule has 0 spiro atoms. The average Bonchev–Trinajstić information content (AvgIpc) is 2.48.